The standard InChI is InChI=1S/C24H26N2O3S/c1-17(2)13-14-29-21-11-9-18(15-22(21)28-3)10-12-23(27)26-24-25-20(16-30-24)19-7-5-4-6-8-19/h4-12,15-17H,13-14H2,1-3H3,(H,25,26,27). The van der Waals surface area contributed by atoms with Gasteiger partial charge in [-0.25, -0.2) is 4.98 Å². The number of ether oxygens (including phenoxy) is 2. The van der Waals surface area contributed by atoms with E-state index in [2.05, 4.69) is 24.1 Å². The van der Waals surface area contributed by atoms with Crippen molar-refractivity contribution in [1.82, 2.24) is 4.98 Å². The zero-order chi connectivity index (χ0) is 21.3. The molecule has 0 saturated heterocycles. The SMILES string of the molecule is COc1cc(C=CC(=O)Nc2nc(-c3ccccc3)cs2)ccc1OCCC(C)C. The number of benzene rings is 2. The number of nitrogens with zero attached hydrogens (tertiary/aromatic N) is 1. The lowest BCUT2D eigenvalue weighted by Crippen LogP contribution is -2.07. The topological polar surface area (TPSA) is 60.5 Å². The summed E-state index contributed by atoms with van der Waals surface area (Å²) >= 11 is 1.40. The van der Waals surface area contributed by atoms with Gasteiger partial charge >= 0.3 is 0 Å². The number of rotatable bonds is 9. The van der Waals surface area contributed by atoms with Crippen molar-refractivity contribution in [2.24, 2.45) is 5.92 Å². The Kier molecular flexibility index (Phi) is 7.63. The van der Waals surface area contributed by atoms with Crippen LogP contribution in [0.3, 0.4) is 0 Å². The molecule has 30 heavy (non-hydrogen) atoms. The van der Waals surface area contributed by atoms with E-state index < -0.39 is 0 Å². The molecule has 0 spiro atoms. The maximum atomic E-state index is 12.3. The Balaban J connectivity index is 1.60. The Morgan fingerprint density at radius 2 is 1.97 bits per heavy atom. The molecule has 3 aromatic rings. The molecular weight excluding hydrogens is 396 g/mol. The fraction of sp³-hybridized carbons (Fsp3) is 0.250. The molecule has 0 unspecified atom stereocenters. The molecule has 0 bridgehead atoms. The van der Waals surface area contributed by atoms with Gasteiger partial charge in [0.15, 0.2) is 16.6 Å². The molecule has 0 aliphatic carbocycles. The molecular formula is C24H26N2O3S. The highest BCUT2D eigenvalue weighted by atomic mass is 32.1. The molecule has 1 heterocycles. The number of anilines is 1. The summed E-state index contributed by atoms with van der Waals surface area (Å²) in [4.78, 5) is 16.7. The largest absolute Gasteiger partial charge is 0.493 e. The number of nitrogens with one attached hydrogen (secondary N) is 1. The van der Waals surface area contributed by atoms with Crippen molar-refractivity contribution in [3.05, 3.63) is 65.6 Å². The second kappa shape index (κ2) is 10.6. The monoisotopic (exact) mass is 422 g/mol. The fourth-order valence-corrected chi connectivity index (χ4v) is 3.43. The van der Waals surface area contributed by atoms with Gasteiger partial charge in [0.1, 0.15) is 0 Å². The van der Waals surface area contributed by atoms with E-state index in [1.807, 2.05) is 53.9 Å². The van der Waals surface area contributed by atoms with Gasteiger partial charge in [-0.2, -0.15) is 0 Å². The van der Waals surface area contributed by atoms with E-state index in [0.29, 0.717) is 29.2 Å². The predicted octanol–water partition coefficient (Wildman–Crippen LogP) is 5.90. The third-order valence-electron chi connectivity index (χ3n) is 4.37. The minimum Gasteiger partial charge on any atom is -0.493 e. The van der Waals surface area contributed by atoms with Crippen LogP contribution in [0.25, 0.3) is 17.3 Å². The molecule has 0 aliphatic heterocycles. The van der Waals surface area contributed by atoms with E-state index in [1.54, 1.807) is 13.2 Å². The van der Waals surface area contributed by atoms with Crippen LogP contribution in [0.2, 0.25) is 0 Å². The Bertz CT molecular complexity index is 997. The Morgan fingerprint density at radius 1 is 1.17 bits per heavy atom. The van der Waals surface area contributed by atoms with Crippen molar-refractivity contribution in [1.29, 1.82) is 0 Å². The molecule has 0 saturated carbocycles. The van der Waals surface area contributed by atoms with Crippen LogP contribution in [0.1, 0.15) is 25.8 Å². The van der Waals surface area contributed by atoms with Gasteiger partial charge in [0.25, 0.3) is 0 Å². The summed E-state index contributed by atoms with van der Waals surface area (Å²) in [6.07, 6.45) is 4.20. The van der Waals surface area contributed by atoms with Crippen molar-refractivity contribution < 1.29 is 14.3 Å². The number of hydrogen-bond acceptors (Lipinski definition) is 5. The molecule has 0 atom stereocenters. The first-order chi connectivity index (χ1) is 14.5. The smallest absolute Gasteiger partial charge is 0.250 e. The zero-order valence-electron chi connectivity index (χ0n) is 17.4. The van der Waals surface area contributed by atoms with E-state index in [1.165, 1.54) is 17.4 Å². The minimum absolute atomic E-state index is 0.236. The number of amides is 1. The highest BCUT2D eigenvalue weighted by Crippen LogP contribution is 2.29. The Morgan fingerprint density at radius 3 is 2.70 bits per heavy atom. The second-order valence-corrected chi connectivity index (χ2v) is 8.03. The van der Waals surface area contributed by atoms with Gasteiger partial charge in [0.05, 0.1) is 19.4 Å². The number of carbonyl (C=O) groups excluding carboxylic acids is 1. The first-order valence-corrected chi connectivity index (χ1v) is 10.7. The summed E-state index contributed by atoms with van der Waals surface area (Å²) in [6.45, 7) is 4.96. The van der Waals surface area contributed by atoms with E-state index in [4.69, 9.17) is 9.47 Å². The lowest BCUT2D eigenvalue weighted by atomic mass is 10.1. The third kappa shape index (κ3) is 6.19. The Hall–Kier alpha value is -3.12. The molecule has 0 fully saturated rings. The zero-order valence-corrected chi connectivity index (χ0v) is 18.2. The molecule has 1 aromatic heterocycles. The van der Waals surface area contributed by atoms with Crippen LogP contribution in [0.15, 0.2) is 60.0 Å². The van der Waals surface area contributed by atoms with Crippen LogP contribution in [-0.4, -0.2) is 24.6 Å². The van der Waals surface area contributed by atoms with Crippen LogP contribution in [0.5, 0.6) is 11.5 Å². The average molecular weight is 423 g/mol. The predicted molar refractivity (Wildman–Crippen MR) is 123 cm³/mol. The molecule has 3 rings (SSSR count). The van der Waals surface area contributed by atoms with Crippen molar-refractivity contribution in [3.63, 3.8) is 0 Å². The van der Waals surface area contributed by atoms with E-state index >= 15 is 0 Å². The van der Waals surface area contributed by atoms with Crippen LogP contribution < -0.4 is 14.8 Å². The Labute approximate surface area is 181 Å². The fourth-order valence-electron chi connectivity index (χ4n) is 2.70. The number of thiazole rings is 1. The molecule has 156 valence electrons. The van der Waals surface area contributed by atoms with Crippen LogP contribution in [0, 0.1) is 5.92 Å². The van der Waals surface area contributed by atoms with Crippen molar-refractivity contribution in [2.75, 3.05) is 19.0 Å². The number of hydrogen-bond donors (Lipinski definition) is 1. The maximum Gasteiger partial charge on any atom is 0.250 e. The first kappa shape index (κ1) is 21.6. The molecule has 6 heteroatoms. The second-order valence-electron chi connectivity index (χ2n) is 7.17. The van der Waals surface area contributed by atoms with Crippen molar-refractivity contribution in [3.8, 4) is 22.8 Å². The van der Waals surface area contributed by atoms with Crippen molar-refractivity contribution >= 4 is 28.5 Å². The highest BCUT2D eigenvalue weighted by molar-refractivity contribution is 7.14. The molecule has 2 aromatic carbocycles. The van der Waals surface area contributed by atoms with Gasteiger partial charge in [0.2, 0.25) is 5.91 Å². The summed E-state index contributed by atoms with van der Waals surface area (Å²) in [7, 11) is 1.61. The quantitative estimate of drug-likeness (QED) is 0.437. The van der Waals surface area contributed by atoms with E-state index in [0.717, 1.165) is 23.2 Å². The van der Waals surface area contributed by atoms with Gasteiger partial charge in [-0.05, 0) is 36.1 Å². The van der Waals surface area contributed by atoms with Gasteiger partial charge in [-0.3, -0.25) is 10.1 Å². The van der Waals surface area contributed by atoms with E-state index in [-0.39, 0.29) is 5.91 Å². The van der Waals surface area contributed by atoms with Crippen LogP contribution >= 0.6 is 11.3 Å². The van der Waals surface area contributed by atoms with Crippen LogP contribution in [0.4, 0.5) is 5.13 Å². The summed E-state index contributed by atoms with van der Waals surface area (Å²) in [5.41, 5.74) is 2.72. The number of carbonyl (C=O) groups is 1. The molecule has 5 nitrogen and oxygen atoms in total. The van der Waals surface area contributed by atoms with Gasteiger partial charge in [-0.1, -0.05) is 50.2 Å². The van der Waals surface area contributed by atoms with Gasteiger partial charge in [0, 0.05) is 17.0 Å². The number of aromatic nitrogens is 1. The lowest BCUT2D eigenvalue weighted by molar-refractivity contribution is -0.111. The molecule has 0 aliphatic rings. The van der Waals surface area contributed by atoms with Crippen LogP contribution in [-0.2, 0) is 4.79 Å². The normalized spacial score (nSPS) is 11.1. The minimum atomic E-state index is -0.236. The molecule has 1 N–H and O–H groups in total. The first-order valence-electron chi connectivity index (χ1n) is 9.86. The molecule has 1 amide bonds. The molecule has 0 radical (unpaired) electrons. The summed E-state index contributed by atoms with van der Waals surface area (Å²) < 4.78 is 11.2. The maximum absolute atomic E-state index is 12.3. The van der Waals surface area contributed by atoms with Gasteiger partial charge < -0.3 is 9.47 Å². The summed E-state index contributed by atoms with van der Waals surface area (Å²) in [5, 5.41) is 5.30. The average Bonchev–Trinajstić information content (AvgIpc) is 3.21. The lowest BCUT2D eigenvalue weighted by Gasteiger charge is -2.12. The summed E-state index contributed by atoms with van der Waals surface area (Å²) in [6, 6.07) is 15.5. The van der Waals surface area contributed by atoms with Gasteiger partial charge in [-0.15, -0.1) is 11.3 Å². The van der Waals surface area contributed by atoms with E-state index in [9.17, 15) is 4.79 Å². The number of methoxy groups -OCH3 is 1. The summed E-state index contributed by atoms with van der Waals surface area (Å²) in [5.74, 6) is 1.70. The third-order valence-corrected chi connectivity index (χ3v) is 5.13. The highest BCUT2D eigenvalue weighted by Gasteiger charge is 2.08. The van der Waals surface area contributed by atoms with Crippen molar-refractivity contribution in [2.45, 2.75) is 20.3 Å².